The summed E-state index contributed by atoms with van der Waals surface area (Å²) < 4.78 is 27.2. The Labute approximate surface area is 146 Å². The van der Waals surface area contributed by atoms with E-state index >= 15 is 0 Å². The summed E-state index contributed by atoms with van der Waals surface area (Å²) in [5, 5.41) is 0. The molecule has 0 radical (unpaired) electrons. The van der Waals surface area contributed by atoms with Crippen LogP contribution in [0.5, 0.6) is 0 Å². The van der Waals surface area contributed by atoms with Gasteiger partial charge in [-0.1, -0.05) is 37.3 Å². The van der Waals surface area contributed by atoms with Crippen LogP contribution in [-0.2, 0) is 10.0 Å². The van der Waals surface area contributed by atoms with Gasteiger partial charge in [-0.05, 0) is 57.1 Å². The zero-order chi connectivity index (χ0) is 17.7. The van der Waals surface area contributed by atoms with Gasteiger partial charge in [-0.25, -0.2) is 8.42 Å². The number of sulfonamides is 1. The van der Waals surface area contributed by atoms with Gasteiger partial charge in [0.05, 0.1) is 4.90 Å². The molecule has 1 unspecified atom stereocenters. The first-order valence-electron chi connectivity index (χ1n) is 8.49. The largest absolute Gasteiger partial charge is 0.305 e. The van der Waals surface area contributed by atoms with E-state index in [1.165, 1.54) is 5.57 Å². The maximum atomic E-state index is 12.8. The molecule has 1 saturated heterocycles. The maximum Gasteiger partial charge on any atom is 0.243 e. The SMILES string of the molecule is C/C=C\C=C(/CC)c1ccc(S(=O)(=O)N2CCC(N(C)C)C2)cc1. The van der Waals surface area contributed by atoms with Gasteiger partial charge < -0.3 is 4.90 Å². The van der Waals surface area contributed by atoms with Crippen molar-refractivity contribution >= 4 is 15.6 Å². The quantitative estimate of drug-likeness (QED) is 0.740. The summed E-state index contributed by atoms with van der Waals surface area (Å²) in [6, 6.07) is 7.57. The molecule has 1 fully saturated rings. The molecule has 132 valence electrons. The molecule has 1 aromatic carbocycles. The monoisotopic (exact) mass is 348 g/mol. The molecule has 0 saturated carbocycles. The highest BCUT2D eigenvalue weighted by molar-refractivity contribution is 7.89. The van der Waals surface area contributed by atoms with Crippen molar-refractivity contribution in [2.75, 3.05) is 27.2 Å². The molecular weight excluding hydrogens is 320 g/mol. The number of allylic oxidation sites excluding steroid dienone is 4. The summed E-state index contributed by atoms with van der Waals surface area (Å²) in [7, 11) is 0.600. The molecule has 0 N–H and O–H groups in total. The van der Waals surface area contributed by atoms with Gasteiger partial charge in [0.15, 0.2) is 0 Å². The fourth-order valence-electron chi connectivity index (χ4n) is 2.97. The van der Waals surface area contributed by atoms with E-state index in [1.807, 2.05) is 45.3 Å². The molecule has 0 amide bonds. The van der Waals surface area contributed by atoms with Gasteiger partial charge in [0.2, 0.25) is 10.0 Å². The molecule has 1 aliphatic heterocycles. The predicted octanol–water partition coefficient (Wildman–Crippen LogP) is 3.38. The van der Waals surface area contributed by atoms with Crippen molar-refractivity contribution in [2.45, 2.75) is 37.6 Å². The summed E-state index contributed by atoms with van der Waals surface area (Å²) in [6.45, 7) is 5.24. The van der Waals surface area contributed by atoms with E-state index in [0.717, 1.165) is 18.4 Å². The zero-order valence-electron chi connectivity index (χ0n) is 15.1. The van der Waals surface area contributed by atoms with Gasteiger partial charge >= 0.3 is 0 Å². The summed E-state index contributed by atoms with van der Waals surface area (Å²) in [5.74, 6) is 0. The van der Waals surface area contributed by atoms with Gasteiger partial charge in [0.25, 0.3) is 0 Å². The van der Waals surface area contributed by atoms with Crippen molar-refractivity contribution in [3.05, 3.63) is 48.1 Å². The number of rotatable bonds is 6. The Morgan fingerprint density at radius 2 is 1.96 bits per heavy atom. The van der Waals surface area contributed by atoms with Gasteiger partial charge in [0, 0.05) is 19.1 Å². The Kier molecular flexibility index (Phi) is 6.38. The van der Waals surface area contributed by atoms with Crippen molar-refractivity contribution < 1.29 is 8.42 Å². The highest BCUT2D eigenvalue weighted by Gasteiger charge is 2.33. The van der Waals surface area contributed by atoms with Crippen LogP contribution in [0.15, 0.2) is 47.4 Å². The van der Waals surface area contributed by atoms with E-state index in [2.05, 4.69) is 17.9 Å². The first-order chi connectivity index (χ1) is 11.4. The average Bonchev–Trinajstić information content (AvgIpc) is 3.07. The van der Waals surface area contributed by atoms with E-state index in [0.29, 0.717) is 24.0 Å². The summed E-state index contributed by atoms with van der Waals surface area (Å²) in [4.78, 5) is 2.48. The number of benzene rings is 1. The number of nitrogens with zero attached hydrogens (tertiary/aromatic N) is 2. The molecule has 0 bridgehead atoms. The molecule has 1 aliphatic rings. The lowest BCUT2D eigenvalue weighted by Crippen LogP contribution is -2.34. The minimum Gasteiger partial charge on any atom is -0.305 e. The van der Waals surface area contributed by atoms with E-state index in [-0.39, 0.29) is 0 Å². The van der Waals surface area contributed by atoms with Crippen molar-refractivity contribution in [3.8, 4) is 0 Å². The van der Waals surface area contributed by atoms with Gasteiger partial charge in [-0.2, -0.15) is 4.31 Å². The van der Waals surface area contributed by atoms with Crippen LogP contribution in [0.2, 0.25) is 0 Å². The lowest BCUT2D eigenvalue weighted by Gasteiger charge is -2.20. The van der Waals surface area contributed by atoms with Crippen LogP contribution in [0.1, 0.15) is 32.3 Å². The van der Waals surface area contributed by atoms with Crippen LogP contribution in [0.4, 0.5) is 0 Å². The van der Waals surface area contributed by atoms with E-state index in [4.69, 9.17) is 0 Å². The lowest BCUT2D eigenvalue weighted by molar-refractivity contribution is 0.302. The van der Waals surface area contributed by atoms with Crippen LogP contribution in [0, 0.1) is 0 Å². The molecule has 0 aliphatic carbocycles. The van der Waals surface area contributed by atoms with Gasteiger partial charge in [-0.3, -0.25) is 0 Å². The fourth-order valence-corrected chi connectivity index (χ4v) is 4.46. The molecule has 24 heavy (non-hydrogen) atoms. The third-order valence-electron chi connectivity index (χ3n) is 4.59. The first kappa shape index (κ1) is 18.9. The molecule has 2 rings (SSSR count). The van der Waals surface area contributed by atoms with E-state index < -0.39 is 10.0 Å². The maximum absolute atomic E-state index is 12.8. The smallest absolute Gasteiger partial charge is 0.243 e. The van der Waals surface area contributed by atoms with Crippen molar-refractivity contribution in [1.29, 1.82) is 0 Å². The third-order valence-corrected chi connectivity index (χ3v) is 6.47. The van der Waals surface area contributed by atoms with Crippen LogP contribution >= 0.6 is 0 Å². The summed E-state index contributed by atoms with van der Waals surface area (Å²) in [6.07, 6.45) is 7.87. The second-order valence-corrected chi connectivity index (χ2v) is 8.30. The predicted molar refractivity (Wildman–Crippen MR) is 100 cm³/mol. The second kappa shape index (κ2) is 8.10. The third kappa shape index (κ3) is 4.15. The molecular formula is C19H28N2O2S. The fraction of sp³-hybridized carbons (Fsp3) is 0.474. The van der Waals surface area contributed by atoms with Crippen molar-refractivity contribution in [3.63, 3.8) is 0 Å². The Morgan fingerprint density at radius 1 is 1.29 bits per heavy atom. The Balaban J connectivity index is 2.21. The zero-order valence-corrected chi connectivity index (χ0v) is 15.9. The topological polar surface area (TPSA) is 40.6 Å². The van der Waals surface area contributed by atoms with Crippen LogP contribution in [-0.4, -0.2) is 50.8 Å². The van der Waals surface area contributed by atoms with E-state index in [1.54, 1.807) is 16.4 Å². The number of hydrogen-bond donors (Lipinski definition) is 0. The van der Waals surface area contributed by atoms with Crippen LogP contribution in [0.25, 0.3) is 5.57 Å². The average molecular weight is 349 g/mol. The Hall–Kier alpha value is -1.43. The molecule has 1 aromatic rings. The Bertz CT molecular complexity index is 703. The van der Waals surface area contributed by atoms with E-state index in [9.17, 15) is 8.42 Å². The summed E-state index contributed by atoms with van der Waals surface area (Å²) >= 11 is 0. The summed E-state index contributed by atoms with van der Waals surface area (Å²) in [5.41, 5.74) is 2.27. The molecule has 1 heterocycles. The Morgan fingerprint density at radius 3 is 2.46 bits per heavy atom. The molecule has 0 aromatic heterocycles. The van der Waals surface area contributed by atoms with Gasteiger partial charge in [-0.15, -0.1) is 0 Å². The number of likely N-dealkylation sites (N-methyl/N-ethyl adjacent to an activating group) is 1. The van der Waals surface area contributed by atoms with Crippen LogP contribution < -0.4 is 0 Å². The van der Waals surface area contributed by atoms with Crippen molar-refractivity contribution in [1.82, 2.24) is 9.21 Å². The number of hydrogen-bond acceptors (Lipinski definition) is 3. The van der Waals surface area contributed by atoms with Crippen LogP contribution in [0.3, 0.4) is 0 Å². The highest BCUT2D eigenvalue weighted by atomic mass is 32.2. The molecule has 4 nitrogen and oxygen atoms in total. The minimum atomic E-state index is -3.40. The van der Waals surface area contributed by atoms with Crippen molar-refractivity contribution in [2.24, 2.45) is 0 Å². The molecule has 5 heteroatoms. The first-order valence-corrected chi connectivity index (χ1v) is 9.93. The van der Waals surface area contributed by atoms with Gasteiger partial charge in [0.1, 0.15) is 0 Å². The highest BCUT2D eigenvalue weighted by Crippen LogP contribution is 2.25. The lowest BCUT2D eigenvalue weighted by atomic mass is 10.0. The second-order valence-electron chi connectivity index (χ2n) is 6.36. The molecule has 0 spiro atoms. The standard InChI is InChI=1S/C19H28N2O2S/c1-5-7-8-16(6-2)17-9-11-19(12-10-17)24(22,23)21-14-13-18(15-21)20(3)4/h5,7-12,18H,6,13-15H2,1-4H3/b7-5-,16-8+. The minimum absolute atomic E-state index is 0.300. The molecule has 1 atom stereocenters. The normalized spacial score (nSPS) is 20.4.